The first-order chi connectivity index (χ1) is 13.3. The molecule has 0 amide bonds. The smallest absolute Gasteiger partial charge is 0.388 e. The number of ether oxygens (including phenoxy) is 2. The fraction of sp³-hybridized carbons (Fsp3) is 0.727. The van der Waals surface area contributed by atoms with E-state index in [1.807, 2.05) is 0 Å². The lowest BCUT2D eigenvalue weighted by Gasteiger charge is -2.26. The van der Waals surface area contributed by atoms with Crippen molar-refractivity contribution in [1.82, 2.24) is 0 Å². The van der Waals surface area contributed by atoms with Gasteiger partial charge in [-0.15, -0.1) is 0 Å². The Morgan fingerprint density at radius 3 is 2.50 bits per heavy atom. The quantitative estimate of drug-likeness (QED) is 0.682. The van der Waals surface area contributed by atoms with Gasteiger partial charge in [-0.25, -0.2) is 0 Å². The van der Waals surface area contributed by atoms with E-state index in [1.165, 1.54) is 23.1 Å². The van der Waals surface area contributed by atoms with E-state index in [0.29, 0.717) is 24.5 Å². The van der Waals surface area contributed by atoms with Gasteiger partial charge >= 0.3 is 6.18 Å². The summed E-state index contributed by atoms with van der Waals surface area (Å²) in [5.74, 6) is 1.03. The number of halogens is 3. The van der Waals surface area contributed by atoms with Crippen molar-refractivity contribution in [3.8, 4) is 0 Å². The van der Waals surface area contributed by atoms with Crippen LogP contribution in [0.3, 0.4) is 0 Å². The fourth-order valence-corrected chi connectivity index (χ4v) is 4.19. The highest BCUT2D eigenvalue weighted by Crippen LogP contribution is 2.36. The standard InChI is InChI=1S/C20H28F3NO.C2H6O/c21-20(22,23)8-1-9-25-13-14-2-3-16-11-17(5-4-15(16)10-14)18-6-7-19(24)12-18;1-3-2/h4-5,11,14,18-19H,1-3,6-10,12-13,24H2;1-2H3. The van der Waals surface area contributed by atoms with Crippen molar-refractivity contribution in [2.24, 2.45) is 11.7 Å². The summed E-state index contributed by atoms with van der Waals surface area (Å²) in [4.78, 5) is 0. The average Bonchev–Trinajstić information content (AvgIpc) is 3.07. The van der Waals surface area contributed by atoms with E-state index < -0.39 is 12.6 Å². The molecule has 0 radical (unpaired) electrons. The topological polar surface area (TPSA) is 44.5 Å². The zero-order valence-corrected chi connectivity index (χ0v) is 17.1. The normalized spacial score (nSPS) is 24.4. The van der Waals surface area contributed by atoms with Gasteiger partial charge in [0.25, 0.3) is 0 Å². The lowest BCUT2D eigenvalue weighted by atomic mass is 9.82. The molecule has 6 heteroatoms. The van der Waals surface area contributed by atoms with E-state index in [9.17, 15) is 13.2 Å². The van der Waals surface area contributed by atoms with Crippen LogP contribution in [-0.2, 0) is 22.3 Å². The average molecular weight is 402 g/mol. The third-order valence-corrected chi connectivity index (χ3v) is 5.61. The van der Waals surface area contributed by atoms with Crippen LogP contribution < -0.4 is 5.73 Å². The van der Waals surface area contributed by atoms with Gasteiger partial charge in [0.1, 0.15) is 0 Å². The van der Waals surface area contributed by atoms with E-state index in [2.05, 4.69) is 22.9 Å². The molecule has 0 bridgehead atoms. The minimum absolute atomic E-state index is 0.0553. The van der Waals surface area contributed by atoms with Crippen LogP contribution >= 0.6 is 0 Å². The van der Waals surface area contributed by atoms with E-state index >= 15 is 0 Å². The highest BCUT2D eigenvalue weighted by atomic mass is 19.4. The molecular weight excluding hydrogens is 367 g/mol. The molecule has 0 aromatic heterocycles. The minimum Gasteiger partial charge on any atom is -0.388 e. The molecule has 2 aliphatic carbocycles. The number of fused-ring (bicyclic) bond motifs is 1. The van der Waals surface area contributed by atoms with Crippen molar-refractivity contribution in [3.63, 3.8) is 0 Å². The molecule has 2 N–H and O–H groups in total. The summed E-state index contributed by atoms with van der Waals surface area (Å²) in [6.45, 7) is 0.764. The van der Waals surface area contributed by atoms with Crippen LogP contribution in [0, 0.1) is 5.92 Å². The van der Waals surface area contributed by atoms with E-state index in [-0.39, 0.29) is 13.0 Å². The predicted molar refractivity (Wildman–Crippen MR) is 106 cm³/mol. The molecule has 0 spiro atoms. The summed E-state index contributed by atoms with van der Waals surface area (Å²) in [5, 5.41) is 0. The first-order valence-corrected chi connectivity index (χ1v) is 10.2. The number of methoxy groups -OCH3 is 1. The Morgan fingerprint density at radius 1 is 1.11 bits per heavy atom. The van der Waals surface area contributed by atoms with Crippen molar-refractivity contribution in [2.45, 2.75) is 69.5 Å². The predicted octanol–water partition coefficient (Wildman–Crippen LogP) is 5.01. The van der Waals surface area contributed by atoms with Crippen molar-refractivity contribution >= 4 is 0 Å². The maximum atomic E-state index is 12.1. The Kier molecular flexibility index (Phi) is 9.25. The van der Waals surface area contributed by atoms with Gasteiger partial charge in [-0.1, -0.05) is 18.2 Å². The van der Waals surface area contributed by atoms with Gasteiger partial charge in [-0.3, -0.25) is 0 Å². The van der Waals surface area contributed by atoms with Gasteiger partial charge in [-0.2, -0.15) is 13.2 Å². The lowest BCUT2D eigenvalue weighted by Crippen LogP contribution is -2.20. The number of hydrogen-bond donors (Lipinski definition) is 1. The molecule has 2 aliphatic rings. The maximum absolute atomic E-state index is 12.1. The van der Waals surface area contributed by atoms with E-state index in [0.717, 1.165) is 32.1 Å². The second-order valence-electron chi connectivity index (χ2n) is 8.11. The number of nitrogens with two attached hydrogens (primary N) is 1. The summed E-state index contributed by atoms with van der Waals surface area (Å²) < 4.78 is 46.1. The first-order valence-electron chi connectivity index (χ1n) is 10.2. The minimum atomic E-state index is -4.08. The number of aryl methyl sites for hydroxylation is 1. The van der Waals surface area contributed by atoms with Crippen molar-refractivity contribution < 1.29 is 22.6 Å². The molecule has 1 saturated carbocycles. The molecule has 0 heterocycles. The molecule has 3 unspecified atom stereocenters. The Labute approximate surface area is 166 Å². The second-order valence-corrected chi connectivity index (χ2v) is 8.11. The second kappa shape index (κ2) is 11.2. The molecule has 1 aromatic rings. The molecule has 1 aromatic carbocycles. The molecule has 0 saturated heterocycles. The number of hydrogen-bond acceptors (Lipinski definition) is 3. The SMILES string of the molecule is COC.NC1CCC(c2ccc3c(c2)CCC(COCCCC(F)(F)F)C3)C1. The molecule has 28 heavy (non-hydrogen) atoms. The molecule has 3 atom stereocenters. The maximum Gasteiger partial charge on any atom is 0.389 e. The van der Waals surface area contributed by atoms with Gasteiger partial charge in [0, 0.05) is 39.9 Å². The van der Waals surface area contributed by atoms with Crippen LogP contribution in [0.4, 0.5) is 13.2 Å². The van der Waals surface area contributed by atoms with E-state index in [4.69, 9.17) is 10.5 Å². The summed E-state index contributed by atoms with van der Waals surface area (Å²) in [6, 6.07) is 7.19. The summed E-state index contributed by atoms with van der Waals surface area (Å²) >= 11 is 0. The van der Waals surface area contributed by atoms with Crippen molar-refractivity contribution in [3.05, 3.63) is 34.9 Å². The van der Waals surface area contributed by atoms with Gasteiger partial charge in [0.2, 0.25) is 0 Å². The Morgan fingerprint density at radius 2 is 1.86 bits per heavy atom. The highest BCUT2D eigenvalue weighted by molar-refractivity contribution is 5.36. The zero-order valence-electron chi connectivity index (χ0n) is 17.1. The Balaban J connectivity index is 0.000000878. The van der Waals surface area contributed by atoms with E-state index in [1.54, 1.807) is 14.2 Å². The molecule has 3 nitrogen and oxygen atoms in total. The summed E-state index contributed by atoms with van der Waals surface area (Å²) in [5.41, 5.74) is 10.3. The summed E-state index contributed by atoms with van der Waals surface area (Å²) in [7, 11) is 3.25. The Hall–Kier alpha value is -1.11. The van der Waals surface area contributed by atoms with Crippen LogP contribution in [0.5, 0.6) is 0 Å². The summed E-state index contributed by atoms with van der Waals surface area (Å²) in [6.07, 6.45) is 1.69. The van der Waals surface area contributed by atoms with Crippen LogP contribution in [-0.4, -0.2) is 39.7 Å². The third-order valence-electron chi connectivity index (χ3n) is 5.61. The van der Waals surface area contributed by atoms with Gasteiger partial charge in [-0.05, 0) is 73.5 Å². The van der Waals surface area contributed by atoms with Crippen molar-refractivity contribution in [2.75, 3.05) is 27.4 Å². The fourth-order valence-electron chi connectivity index (χ4n) is 4.19. The number of rotatable bonds is 6. The largest absolute Gasteiger partial charge is 0.389 e. The molecule has 3 rings (SSSR count). The van der Waals surface area contributed by atoms with Crippen LogP contribution in [0.1, 0.15) is 61.1 Å². The Bertz CT molecular complexity index is 592. The number of benzene rings is 1. The molecule has 1 fully saturated rings. The number of alkyl halides is 3. The molecular formula is C22H34F3NO2. The third kappa shape index (κ3) is 7.72. The monoisotopic (exact) mass is 401 g/mol. The van der Waals surface area contributed by atoms with Gasteiger partial charge in [0.15, 0.2) is 0 Å². The highest BCUT2D eigenvalue weighted by Gasteiger charge is 2.27. The van der Waals surface area contributed by atoms with Gasteiger partial charge in [0.05, 0.1) is 0 Å². The first kappa shape index (κ1) is 23.2. The van der Waals surface area contributed by atoms with Crippen LogP contribution in [0.2, 0.25) is 0 Å². The zero-order chi connectivity index (χ0) is 20.6. The van der Waals surface area contributed by atoms with Crippen molar-refractivity contribution in [1.29, 1.82) is 0 Å². The van der Waals surface area contributed by atoms with Gasteiger partial charge < -0.3 is 15.2 Å². The van der Waals surface area contributed by atoms with Crippen LogP contribution in [0.15, 0.2) is 18.2 Å². The lowest BCUT2D eigenvalue weighted by molar-refractivity contribution is -0.138. The van der Waals surface area contributed by atoms with Crippen LogP contribution in [0.25, 0.3) is 0 Å². The molecule has 160 valence electrons. The molecule has 0 aliphatic heterocycles.